The fourth-order valence-electron chi connectivity index (χ4n) is 6.57. The van der Waals surface area contributed by atoms with E-state index in [4.69, 9.17) is 18.5 Å². The highest BCUT2D eigenvalue weighted by molar-refractivity contribution is 7.45. The van der Waals surface area contributed by atoms with Crippen LogP contribution in [0.25, 0.3) is 0 Å². The molecule has 1 aliphatic rings. The molecule has 7 atom stereocenters. The fourth-order valence-corrected chi connectivity index (χ4v) is 7.30. The first-order chi connectivity index (χ1) is 29.6. The summed E-state index contributed by atoms with van der Waals surface area (Å²) in [5, 5.41) is 31.3. The van der Waals surface area contributed by atoms with Crippen LogP contribution in [0.4, 0.5) is 0 Å². The van der Waals surface area contributed by atoms with Crippen molar-refractivity contribution in [3.8, 4) is 0 Å². The number of ketones is 1. The Labute approximate surface area is 372 Å². The van der Waals surface area contributed by atoms with E-state index >= 15 is 0 Å². The minimum atomic E-state index is -4.74. The first-order valence-electron chi connectivity index (χ1n) is 22.8. The van der Waals surface area contributed by atoms with E-state index in [0.717, 1.165) is 51.4 Å². The van der Waals surface area contributed by atoms with Gasteiger partial charge in [0.25, 0.3) is 7.82 Å². The molecular weight excluding hydrogens is 813 g/mol. The third-order valence-electron chi connectivity index (χ3n) is 10.2. The van der Waals surface area contributed by atoms with Gasteiger partial charge in [0.2, 0.25) is 0 Å². The summed E-state index contributed by atoms with van der Waals surface area (Å²) in [6.45, 7) is 3.48. The number of hydrogen-bond donors (Lipinski definition) is 3. The van der Waals surface area contributed by atoms with Gasteiger partial charge in [-0.25, -0.2) is 0 Å². The van der Waals surface area contributed by atoms with E-state index in [2.05, 4.69) is 62.5 Å². The van der Waals surface area contributed by atoms with Crippen LogP contribution in [-0.2, 0) is 37.5 Å². The topological polar surface area (TPSA) is 189 Å². The number of esters is 2. The van der Waals surface area contributed by atoms with Crippen LogP contribution in [0.15, 0.2) is 72.9 Å². The third kappa shape index (κ3) is 30.9. The maximum absolute atomic E-state index is 12.9. The third-order valence-corrected chi connectivity index (χ3v) is 11.2. The van der Waals surface area contributed by atoms with Crippen LogP contribution in [-0.4, -0.2) is 109 Å². The molecule has 0 aromatic heterocycles. The van der Waals surface area contributed by atoms with E-state index in [9.17, 15) is 39.2 Å². The fraction of sp³-hybridized carbons (Fsp3) is 0.688. The van der Waals surface area contributed by atoms with Crippen molar-refractivity contribution < 1.29 is 62.2 Å². The normalized spacial score (nSPS) is 20.7. The van der Waals surface area contributed by atoms with Crippen LogP contribution in [0.1, 0.15) is 129 Å². The van der Waals surface area contributed by atoms with Gasteiger partial charge in [-0.2, -0.15) is 0 Å². The predicted molar refractivity (Wildman–Crippen MR) is 243 cm³/mol. The lowest BCUT2D eigenvalue weighted by Gasteiger charge is -2.28. The first-order valence-corrected chi connectivity index (χ1v) is 24.3. The molecule has 1 unspecified atom stereocenters. The average molecular weight is 894 g/mol. The minimum absolute atomic E-state index is 0.0255. The summed E-state index contributed by atoms with van der Waals surface area (Å²) in [7, 11) is 0.913. The van der Waals surface area contributed by atoms with Crippen molar-refractivity contribution in [1.29, 1.82) is 0 Å². The summed E-state index contributed by atoms with van der Waals surface area (Å²) >= 11 is 0. The Hall–Kier alpha value is -3.00. The van der Waals surface area contributed by atoms with Gasteiger partial charge >= 0.3 is 11.9 Å². The van der Waals surface area contributed by atoms with Gasteiger partial charge in [-0.05, 0) is 64.2 Å². The Morgan fingerprint density at radius 3 is 1.97 bits per heavy atom. The Morgan fingerprint density at radius 1 is 0.758 bits per heavy atom. The number of nitrogens with zero attached hydrogens (tertiary/aromatic N) is 1. The minimum Gasteiger partial charge on any atom is -0.756 e. The summed E-state index contributed by atoms with van der Waals surface area (Å²) in [6.07, 6.45) is 31.5. The van der Waals surface area contributed by atoms with Gasteiger partial charge in [-0.1, -0.05) is 106 Å². The Kier molecular flexibility index (Phi) is 31.6. The predicted octanol–water partition coefficient (Wildman–Crippen LogP) is 7.95. The van der Waals surface area contributed by atoms with E-state index in [1.807, 2.05) is 33.3 Å². The second kappa shape index (κ2) is 34.4. The zero-order valence-electron chi connectivity index (χ0n) is 38.4. The van der Waals surface area contributed by atoms with Crippen molar-refractivity contribution in [2.24, 2.45) is 11.8 Å². The Morgan fingerprint density at radius 2 is 1.35 bits per heavy atom. The second-order valence-electron chi connectivity index (χ2n) is 17.0. The molecule has 14 heteroatoms. The number of phosphoric ester groups is 1. The van der Waals surface area contributed by atoms with Crippen molar-refractivity contribution in [2.75, 3.05) is 47.5 Å². The highest BCUT2D eigenvalue weighted by Crippen LogP contribution is 2.39. The number of phosphoric acid groups is 1. The lowest BCUT2D eigenvalue weighted by molar-refractivity contribution is -0.870. The van der Waals surface area contributed by atoms with Crippen LogP contribution < -0.4 is 4.89 Å². The molecule has 3 N–H and O–H groups in total. The molecule has 0 radical (unpaired) electrons. The number of carbonyl (C=O) groups is 3. The standard InChI is InChI=1S/C48H80NO12P/c1-6-8-10-11-12-13-14-15-16-17-18-19-20-21-22-23-25-31-48(55)61-42(39-60-62(56,57)59-35-34-49(3,4)5)38-58-47(54)30-27-26-29-41(51)36-44-43(45(52)37-46(44)53)33-32-40(50)28-24-9-7-2/h8,10,12-13,15-16,18-19,21-22,32-33,40,42-46,50,52-53H,6-7,9,11,14,17,20,23-31,34-39H2,1-5H3/b10-8-,13-12-,16-15-,19-18-,22-21-,33-32+/t40-,42+,43+,44+,45+,46-/m0/s1. The summed E-state index contributed by atoms with van der Waals surface area (Å²) in [6, 6.07) is 0. The molecule has 0 aromatic carbocycles. The molecule has 1 fully saturated rings. The second-order valence-corrected chi connectivity index (χ2v) is 18.4. The molecule has 0 aliphatic heterocycles. The van der Waals surface area contributed by atoms with E-state index in [0.29, 0.717) is 43.1 Å². The molecule has 354 valence electrons. The average Bonchev–Trinajstić information content (AvgIpc) is 3.47. The number of ether oxygens (including phenoxy) is 2. The van der Waals surface area contributed by atoms with Crippen LogP contribution in [0.5, 0.6) is 0 Å². The maximum atomic E-state index is 12.9. The van der Waals surface area contributed by atoms with E-state index in [1.54, 1.807) is 12.2 Å². The molecule has 0 heterocycles. The number of rotatable bonds is 36. The molecule has 0 amide bonds. The first kappa shape index (κ1) is 57.0. The quantitative estimate of drug-likeness (QED) is 0.0181. The number of likely N-dealkylation sites (N-methyl/N-ethyl adjacent to an activating group) is 1. The SMILES string of the molecule is CC/C=C\C/C=C\C/C=C\C/C=C\C/C=C\CCCC(=O)O[C@H](COC(=O)CCCCC(=O)C[C@@H]1[C@@H](/C=C/[C@@H](O)CCCCC)[C@H](O)C[C@@H]1O)COP(=O)([O-])OCC[N+](C)(C)C. The highest BCUT2D eigenvalue weighted by Gasteiger charge is 2.41. The number of allylic oxidation sites excluding steroid dienone is 10. The molecule has 13 nitrogen and oxygen atoms in total. The van der Waals surface area contributed by atoms with Gasteiger partial charge < -0.3 is 43.2 Å². The number of aliphatic hydroxyl groups is 3. The van der Waals surface area contributed by atoms with Crippen LogP contribution in [0.3, 0.4) is 0 Å². The van der Waals surface area contributed by atoms with Gasteiger partial charge in [0.05, 0.1) is 46.1 Å². The van der Waals surface area contributed by atoms with Gasteiger partial charge in [-0.15, -0.1) is 0 Å². The number of Topliss-reactive ketones (excluding diaryl/α,β-unsaturated/α-hetero) is 1. The number of hydrogen-bond acceptors (Lipinski definition) is 12. The monoisotopic (exact) mass is 894 g/mol. The molecule has 0 aromatic rings. The maximum Gasteiger partial charge on any atom is 0.306 e. The number of carbonyl (C=O) groups excluding carboxylic acids is 3. The van der Waals surface area contributed by atoms with Crippen molar-refractivity contribution in [3.05, 3.63) is 72.9 Å². The Balaban J connectivity index is 2.56. The van der Waals surface area contributed by atoms with Gasteiger partial charge in [0, 0.05) is 43.9 Å². The van der Waals surface area contributed by atoms with E-state index in [1.165, 1.54) is 0 Å². The van der Waals surface area contributed by atoms with Crippen molar-refractivity contribution in [2.45, 2.75) is 154 Å². The van der Waals surface area contributed by atoms with Crippen LogP contribution in [0.2, 0.25) is 0 Å². The zero-order chi connectivity index (χ0) is 46.1. The van der Waals surface area contributed by atoms with Crippen LogP contribution >= 0.6 is 7.82 Å². The summed E-state index contributed by atoms with van der Waals surface area (Å²) in [5.74, 6) is -2.21. The summed E-state index contributed by atoms with van der Waals surface area (Å²) in [5.41, 5.74) is 0. The van der Waals surface area contributed by atoms with Gasteiger partial charge in [0.1, 0.15) is 25.5 Å². The largest absolute Gasteiger partial charge is 0.756 e. The molecule has 1 saturated carbocycles. The van der Waals surface area contributed by atoms with Crippen molar-refractivity contribution in [3.63, 3.8) is 0 Å². The van der Waals surface area contributed by atoms with Crippen molar-refractivity contribution in [1.82, 2.24) is 0 Å². The van der Waals surface area contributed by atoms with Gasteiger partial charge in [-0.3, -0.25) is 18.9 Å². The molecule has 62 heavy (non-hydrogen) atoms. The Bertz CT molecular complexity index is 1470. The van der Waals surface area contributed by atoms with E-state index in [-0.39, 0.29) is 44.5 Å². The smallest absolute Gasteiger partial charge is 0.306 e. The van der Waals surface area contributed by atoms with Crippen molar-refractivity contribution >= 4 is 25.5 Å². The number of quaternary nitrogens is 1. The highest BCUT2D eigenvalue weighted by atomic mass is 31.2. The number of unbranched alkanes of at least 4 members (excludes halogenated alkanes) is 4. The zero-order valence-corrected chi connectivity index (χ0v) is 39.3. The van der Waals surface area contributed by atoms with E-state index < -0.39 is 69.2 Å². The lowest BCUT2D eigenvalue weighted by atomic mass is 9.87. The van der Waals surface area contributed by atoms with Gasteiger partial charge in [0.15, 0.2) is 6.10 Å². The molecular formula is C48H80NO12P. The molecule has 0 saturated heterocycles. The number of aliphatic hydroxyl groups excluding tert-OH is 3. The molecule has 0 spiro atoms. The molecule has 0 bridgehead atoms. The molecule has 1 aliphatic carbocycles. The summed E-state index contributed by atoms with van der Waals surface area (Å²) in [4.78, 5) is 50.6. The molecule has 1 rings (SSSR count). The summed E-state index contributed by atoms with van der Waals surface area (Å²) < 4.78 is 33.7. The van der Waals surface area contributed by atoms with Crippen LogP contribution in [0, 0.1) is 11.8 Å². The lowest BCUT2D eigenvalue weighted by Crippen LogP contribution is -2.37.